The summed E-state index contributed by atoms with van der Waals surface area (Å²) in [4.78, 5) is 69.5. The van der Waals surface area contributed by atoms with E-state index in [1.807, 2.05) is 43.6 Å². The monoisotopic (exact) mass is 829 g/mol. The summed E-state index contributed by atoms with van der Waals surface area (Å²) in [5.74, 6) is 0.366. The van der Waals surface area contributed by atoms with Crippen molar-refractivity contribution >= 4 is 68.0 Å². The zero-order chi connectivity index (χ0) is 43.1. The van der Waals surface area contributed by atoms with Crippen LogP contribution < -0.4 is 10.6 Å². The molecule has 5 aromatic rings. The number of imidazole rings is 1. The second-order valence-corrected chi connectivity index (χ2v) is 17.3. The molecule has 3 aliphatic heterocycles. The highest BCUT2D eigenvalue weighted by molar-refractivity contribution is 6.07. The van der Waals surface area contributed by atoms with E-state index in [2.05, 4.69) is 70.2 Å². The number of carbonyl (C=O) groups is 4. The van der Waals surface area contributed by atoms with Gasteiger partial charge >= 0.3 is 12.2 Å². The van der Waals surface area contributed by atoms with Crippen LogP contribution in [0.15, 0.2) is 65.7 Å². The minimum absolute atomic E-state index is 0.115. The third-order valence-corrected chi connectivity index (χ3v) is 12.6. The first-order valence-electron chi connectivity index (χ1n) is 21.2. The van der Waals surface area contributed by atoms with Crippen LogP contribution in [0, 0.1) is 17.8 Å². The fourth-order valence-electron chi connectivity index (χ4n) is 9.49. The third kappa shape index (κ3) is 8.01. The van der Waals surface area contributed by atoms with E-state index in [9.17, 15) is 19.2 Å². The third-order valence-electron chi connectivity index (χ3n) is 12.6. The van der Waals surface area contributed by atoms with Crippen molar-refractivity contribution in [1.29, 1.82) is 0 Å². The molecule has 2 saturated heterocycles. The number of nitrogens with zero attached hydrogens (tertiary/aromatic N) is 4. The highest BCUT2D eigenvalue weighted by atomic mass is 16.5. The summed E-state index contributed by atoms with van der Waals surface area (Å²) >= 11 is 0. The lowest BCUT2D eigenvalue weighted by atomic mass is 9.94. The number of ether oxygens (including phenoxy) is 3. The maximum atomic E-state index is 14.1. The normalized spacial score (nSPS) is 19.8. The van der Waals surface area contributed by atoms with Gasteiger partial charge in [0.05, 0.1) is 49.6 Å². The minimum Gasteiger partial charge on any atom is -0.453 e. The lowest BCUT2D eigenvalue weighted by molar-refractivity contribution is -0.135. The first-order chi connectivity index (χ1) is 29.4. The van der Waals surface area contributed by atoms with E-state index in [0.717, 1.165) is 85.8 Å². The van der Waals surface area contributed by atoms with Crippen LogP contribution in [0.2, 0.25) is 0 Å². The molecule has 5 atom stereocenters. The molecule has 0 radical (unpaired) electrons. The summed E-state index contributed by atoms with van der Waals surface area (Å²) in [6.45, 7) is 9.30. The van der Waals surface area contributed by atoms with Gasteiger partial charge in [0.15, 0.2) is 0 Å². The minimum atomic E-state index is -0.722. The van der Waals surface area contributed by atoms with E-state index in [4.69, 9.17) is 24.2 Å². The number of aliphatic imine (C=N–C) groups is 1. The van der Waals surface area contributed by atoms with Crippen molar-refractivity contribution in [2.24, 2.45) is 22.7 Å². The molecule has 4 amide bonds. The Morgan fingerprint density at radius 2 is 1.41 bits per heavy atom. The van der Waals surface area contributed by atoms with Gasteiger partial charge in [-0.2, -0.15) is 0 Å². The number of alkyl carbamates (subject to hydrolysis) is 2. The van der Waals surface area contributed by atoms with E-state index in [1.165, 1.54) is 14.2 Å². The van der Waals surface area contributed by atoms with Gasteiger partial charge in [-0.1, -0.05) is 64.1 Å². The molecule has 0 aliphatic carbocycles. The summed E-state index contributed by atoms with van der Waals surface area (Å²) in [6, 6.07) is 19.5. The molecular formula is C47H55N7O7. The van der Waals surface area contributed by atoms with Crippen LogP contribution in [0.5, 0.6) is 0 Å². The highest BCUT2D eigenvalue weighted by Gasteiger charge is 2.43. The summed E-state index contributed by atoms with van der Waals surface area (Å²) in [6.07, 6.45) is 1.73. The number of likely N-dealkylation sites (tertiary alicyclic amines) is 2. The van der Waals surface area contributed by atoms with E-state index in [1.54, 1.807) is 7.11 Å². The van der Waals surface area contributed by atoms with Gasteiger partial charge in [0.2, 0.25) is 11.8 Å². The number of nitrogens with one attached hydrogen (secondary N) is 3. The second kappa shape index (κ2) is 17.2. The standard InChI is InChI=1S/C47H55N7O7/c1-25(2)40(51-46(57)60-6)44(55)53-18-8-9-38(53)43-49-36-17-13-31-21-29(11-15-33(31)42(36)50-43)28-10-14-32-30(20-28)12-16-35-34(32)22-37(48-35)39-19-27(24-59-5)23-54(39)45(56)41(26(3)4)52-47(58)61-7/h10-17,20-21,25-27,38-41H,8-9,18-19,22-24H2,1-7H3,(H,49,50)(H,51,57)(H,52,58)/t27-,38-,39-,40-,41-/m0/s1. The number of methoxy groups -OCH3 is 3. The maximum absolute atomic E-state index is 14.1. The van der Waals surface area contributed by atoms with E-state index in [-0.39, 0.29) is 41.7 Å². The summed E-state index contributed by atoms with van der Waals surface area (Å²) < 4.78 is 15.2. The zero-order valence-electron chi connectivity index (χ0n) is 35.9. The van der Waals surface area contributed by atoms with Crippen LogP contribution in [0.25, 0.3) is 43.7 Å². The molecule has 0 bridgehead atoms. The van der Waals surface area contributed by atoms with Crippen molar-refractivity contribution in [3.63, 3.8) is 0 Å². The second-order valence-electron chi connectivity index (χ2n) is 17.3. The Bertz CT molecular complexity index is 2550. The van der Waals surface area contributed by atoms with Crippen molar-refractivity contribution in [2.75, 3.05) is 41.0 Å². The first kappa shape index (κ1) is 41.7. The summed E-state index contributed by atoms with van der Waals surface area (Å²) in [7, 11) is 4.27. The molecule has 61 heavy (non-hydrogen) atoms. The number of rotatable bonds is 11. The molecule has 4 aromatic carbocycles. The van der Waals surface area contributed by atoms with Crippen molar-refractivity contribution in [3.05, 3.63) is 72.1 Å². The lowest BCUT2D eigenvalue weighted by Crippen LogP contribution is -2.53. The number of hydrogen-bond donors (Lipinski definition) is 3. The predicted molar refractivity (Wildman–Crippen MR) is 235 cm³/mol. The maximum Gasteiger partial charge on any atom is 0.407 e. The number of aromatic amines is 1. The Labute approximate surface area is 355 Å². The topological polar surface area (TPSA) is 168 Å². The smallest absolute Gasteiger partial charge is 0.407 e. The van der Waals surface area contributed by atoms with Gasteiger partial charge in [0.1, 0.15) is 17.9 Å². The molecule has 2 fully saturated rings. The van der Waals surface area contributed by atoms with Crippen molar-refractivity contribution < 1.29 is 33.4 Å². The average Bonchev–Trinajstić information content (AvgIpc) is 4.09. The van der Waals surface area contributed by atoms with Crippen LogP contribution >= 0.6 is 0 Å². The predicted octanol–water partition coefficient (Wildman–Crippen LogP) is 7.45. The van der Waals surface area contributed by atoms with Gasteiger partial charge in [-0.25, -0.2) is 14.6 Å². The molecule has 3 aliphatic rings. The molecule has 0 spiro atoms. The Hall–Kier alpha value is -6.02. The fourth-order valence-corrected chi connectivity index (χ4v) is 9.49. The van der Waals surface area contributed by atoms with Crippen LogP contribution in [0.4, 0.5) is 15.3 Å². The van der Waals surface area contributed by atoms with E-state index < -0.39 is 24.3 Å². The van der Waals surface area contributed by atoms with E-state index in [0.29, 0.717) is 26.1 Å². The fraction of sp³-hybridized carbons (Fsp3) is 0.447. The lowest BCUT2D eigenvalue weighted by Gasteiger charge is -2.31. The zero-order valence-corrected chi connectivity index (χ0v) is 35.9. The molecule has 8 rings (SSSR count). The van der Waals surface area contributed by atoms with Crippen molar-refractivity contribution in [2.45, 2.75) is 77.5 Å². The number of hydrogen-bond acceptors (Lipinski definition) is 9. The average molecular weight is 830 g/mol. The molecule has 14 nitrogen and oxygen atoms in total. The number of aromatic nitrogens is 2. The van der Waals surface area contributed by atoms with Crippen LogP contribution in [0.1, 0.15) is 64.4 Å². The molecule has 0 saturated carbocycles. The van der Waals surface area contributed by atoms with Gasteiger partial charge in [-0.3, -0.25) is 14.6 Å². The van der Waals surface area contributed by atoms with Gasteiger partial charge in [-0.05, 0) is 88.2 Å². The Kier molecular flexibility index (Phi) is 11.7. The summed E-state index contributed by atoms with van der Waals surface area (Å²) in [5, 5.41) is 9.78. The molecule has 320 valence electrons. The molecule has 0 unspecified atom stereocenters. The van der Waals surface area contributed by atoms with Crippen molar-refractivity contribution in [3.8, 4) is 11.1 Å². The summed E-state index contributed by atoms with van der Waals surface area (Å²) in [5.41, 5.74) is 6.94. The Morgan fingerprint density at radius 3 is 2.05 bits per heavy atom. The number of benzene rings is 4. The van der Waals surface area contributed by atoms with E-state index >= 15 is 0 Å². The van der Waals surface area contributed by atoms with Gasteiger partial charge < -0.3 is 39.6 Å². The SMILES string of the molecule is COC[C@H]1C[C@@H](C2=Nc3ccc4cc(-c5ccc6c(ccc7[nH]c([C@@H]8CCCN8C(=O)[C@@H](NC(=O)OC)C(C)C)nc76)c5)ccc4c3C2)N(C(=O)[C@@H](NC(=O)OC)C(C)C)C1. The number of amides is 4. The van der Waals surface area contributed by atoms with Gasteiger partial charge in [0, 0.05) is 43.6 Å². The first-order valence-corrected chi connectivity index (χ1v) is 21.2. The molecule has 4 heterocycles. The number of fused-ring (bicyclic) bond motifs is 6. The van der Waals surface area contributed by atoms with Crippen LogP contribution in [0.3, 0.4) is 0 Å². The Morgan fingerprint density at radius 1 is 0.787 bits per heavy atom. The number of carbonyl (C=O) groups excluding carboxylic acids is 4. The van der Waals surface area contributed by atoms with Crippen LogP contribution in [-0.4, -0.2) is 109 Å². The van der Waals surface area contributed by atoms with Gasteiger partial charge in [-0.15, -0.1) is 0 Å². The molecule has 14 heteroatoms. The molecule has 3 N–H and O–H groups in total. The Balaban J connectivity index is 1.03. The van der Waals surface area contributed by atoms with Gasteiger partial charge in [0.25, 0.3) is 0 Å². The molecular weight excluding hydrogens is 775 g/mol. The quantitative estimate of drug-likeness (QED) is 0.123. The largest absolute Gasteiger partial charge is 0.453 e. The highest BCUT2D eigenvalue weighted by Crippen LogP contribution is 2.40. The van der Waals surface area contributed by atoms with Crippen LogP contribution in [-0.2, 0) is 30.2 Å². The number of H-pyrrole nitrogens is 1. The molecule has 1 aromatic heterocycles. The van der Waals surface area contributed by atoms with Crippen molar-refractivity contribution in [1.82, 2.24) is 30.4 Å².